The highest BCUT2D eigenvalue weighted by atomic mass is 16.5. The molecular weight excluding hydrogens is 420 g/mol. The molecule has 1 aromatic heterocycles. The molecule has 6 rings (SSSR count). The highest BCUT2D eigenvalue weighted by molar-refractivity contribution is 5.86. The van der Waals surface area contributed by atoms with E-state index in [9.17, 15) is 20.4 Å². The number of rotatable bonds is 2. The molecule has 0 amide bonds. The van der Waals surface area contributed by atoms with Crippen molar-refractivity contribution in [3.05, 3.63) is 71.8 Å². The number of phenolic OH excluding ortho intramolecular Hbond substituents is 4. The molecule has 1 aliphatic heterocycles. The lowest BCUT2D eigenvalue weighted by molar-refractivity contribution is 0.0955. The van der Waals surface area contributed by atoms with Gasteiger partial charge in [0, 0.05) is 23.1 Å². The zero-order valence-electron chi connectivity index (χ0n) is 17.9. The van der Waals surface area contributed by atoms with Crippen LogP contribution in [0.25, 0.3) is 27.9 Å². The van der Waals surface area contributed by atoms with Gasteiger partial charge in [0.2, 0.25) is 0 Å². The van der Waals surface area contributed by atoms with E-state index in [1.165, 1.54) is 6.07 Å². The van der Waals surface area contributed by atoms with Crippen molar-refractivity contribution in [2.75, 3.05) is 0 Å². The van der Waals surface area contributed by atoms with Gasteiger partial charge in [0.15, 0.2) is 0 Å². The van der Waals surface area contributed by atoms with Gasteiger partial charge in [-0.2, -0.15) is 0 Å². The Morgan fingerprint density at radius 1 is 0.879 bits per heavy atom. The number of aromatic hydroxyl groups is 4. The fourth-order valence-electron chi connectivity index (χ4n) is 5.22. The van der Waals surface area contributed by atoms with Crippen molar-refractivity contribution < 1.29 is 29.6 Å². The Morgan fingerprint density at radius 3 is 2.39 bits per heavy atom. The molecule has 1 aliphatic carbocycles. The highest BCUT2D eigenvalue weighted by Gasteiger charge is 2.41. The van der Waals surface area contributed by atoms with Gasteiger partial charge in [0.1, 0.15) is 45.7 Å². The maximum Gasteiger partial charge on any atom is 0.138 e. The molecule has 0 saturated heterocycles. The van der Waals surface area contributed by atoms with Crippen LogP contribution in [0.2, 0.25) is 0 Å². The summed E-state index contributed by atoms with van der Waals surface area (Å²) in [5.41, 5.74) is 2.64. The van der Waals surface area contributed by atoms with Crippen molar-refractivity contribution in [3.8, 4) is 40.1 Å². The summed E-state index contributed by atoms with van der Waals surface area (Å²) in [6.45, 7) is 1.97. The van der Waals surface area contributed by atoms with Crippen molar-refractivity contribution in [2.24, 2.45) is 0 Å². The smallest absolute Gasteiger partial charge is 0.138 e. The van der Waals surface area contributed by atoms with Gasteiger partial charge >= 0.3 is 0 Å². The molecule has 2 aliphatic rings. The van der Waals surface area contributed by atoms with Gasteiger partial charge in [-0.3, -0.25) is 0 Å². The molecule has 6 nitrogen and oxygen atoms in total. The van der Waals surface area contributed by atoms with Crippen LogP contribution >= 0.6 is 0 Å². The second-order valence-electron chi connectivity index (χ2n) is 9.13. The standard InChI is InChI=1S/C27H22O6/c1-27-12-16(20-5-4-19(29)11-25(20)33-27)6-17(13-27)26-21(30)7-15(8-22(26)31)23-9-14-2-3-18(28)10-24(14)32-23/h2-5,7-11,13,16,28-31H,6,12H2,1H3/t16?,27-/m0/s1. The van der Waals surface area contributed by atoms with Crippen LogP contribution in [0.3, 0.4) is 0 Å². The van der Waals surface area contributed by atoms with Crippen LogP contribution in [-0.2, 0) is 0 Å². The van der Waals surface area contributed by atoms with Gasteiger partial charge in [0.05, 0.1) is 5.56 Å². The average Bonchev–Trinajstić information content (AvgIpc) is 3.15. The first kappa shape index (κ1) is 19.6. The molecule has 2 heterocycles. The molecule has 4 N–H and O–H groups in total. The van der Waals surface area contributed by atoms with Crippen LogP contribution in [-0.4, -0.2) is 26.0 Å². The molecule has 6 heteroatoms. The quantitative estimate of drug-likeness (QED) is 0.302. The van der Waals surface area contributed by atoms with Crippen molar-refractivity contribution in [2.45, 2.75) is 31.3 Å². The number of furan rings is 1. The molecule has 0 fully saturated rings. The van der Waals surface area contributed by atoms with Crippen LogP contribution in [0.15, 0.2) is 65.1 Å². The Bertz CT molecular complexity index is 1440. The molecule has 0 spiro atoms. The first-order chi connectivity index (χ1) is 15.8. The molecule has 1 unspecified atom stereocenters. The first-order valence-electron chi connectivity index (χ1n) is 10.8. The van der Waals surface area contributed by atoms with E-state index < -0.39 is 5.60 Å². The fourth-order valence-corrected chi connectivity index (χ4v) is 5.22. The number of benzene rings is 3. The SMILES string of the molecule is C[C@@]12C=C(c3c(O)cc(-c4cc5ccc(O)cc5o4)cc3O)CC(C1)c1ccc(O)cc1O2. The van der Waals surface area contributed by atoms with E-state index in [2.05, 4.69) is 0 Å². The Morgan fingerprint density at radius 2 is 1.61 bits per heavy atom. The van der Waals surface area contributed by atoms with E-state index in [-0.39, 0.29) is 28.9 Å². The maximum absolute atomic E-state index is 10.9. The molecule has 0 radical (unpaired) electrons. The van der Waals surface area contributed by atoms with Crippen LogP contribution in [0, 0.1) is 0 Å². The normalized spacial score (nSPS) is 21.4. The summed E-state index contributed by atoms with van der Waals surface area (Å²) < 4.78 is 12.0. The summed E-state index contributed by atoms with van der Waals surface area (Å²) in [5, 5.41) is 42.2. The zero-order valence-corrected chi connectivity index (χ0v) is 17.9. The molecule has 3 aromatic carbocycles. The predicted octanol–water partition coefficient (Wildman–Crippen LogP) is 6.03. The van der Waals surface area contributed by atoms with Crippen molar-refractivity contribution >= 4 is 16.5 Å². The van der Waals surface area contributed by atoms with Crippen LogP contribution in [0.1, 0.15) is 36.8 Å². The van der Waals surface area contributed by atoms with Gasteiger partial charge in [0.25, 0.3) is 0 Å². The summed E-state index contributed by atoms with van der Waals surface area (Å²) >= 11 is 0. The summed E-state index contributed by atoms with van der Waals surface area (Å²) in [5.74, 6) is 1.46. The van der Waals surface area contributed by atoms with E-state index in [4.69, 9.17) is 9.15 Å². The monoisotopic (exact) mass is 442 g/mol. The lowest BCUT2D eigenvalue weighted by atomic mass is 9.73. The Kier molecular flexibility index (Phi) is 3.99. The third-order valence-electron chi connectivity index (χ3n) is 6.58. The van der Waals surface area contributed by atoms with Gasteiger partial charge in [-0.25, -0.2) is 0 Å². The van der Waals surface area contributed by atoms with Crippen molar-refractivity contribution in [3.63, 3.8) is 0 Å². The van der Waals surface area contributed by atoms with E-state index in [0.29, 0.717) is 34.6 Å². The Hall–Kier alpha value is -4.06. The number of ether oxygens (including phenoxy) is 1. The summed E-state index contributed by atoms with van der Waals surface area (Å²) in [6, 6.07) is 15.0. The van der Waals surface area contributed by atoms with Crippen LogP contribution < -0.4 is 4.74 Å². The molecule has 2 bridgehead atoms. The number of phenols is 4. The summed E-state index contributed by atoms with van der Waals surface area (Å²) in [6.07, 6.45) is 3.36. The molecule has 166 valence electrons. The summed E-state index contributed by atoms with van der Waals surface area (Å²) in [4.78, 5) is 0. The van der Waals surface area contributed by atoms with Gasteiger partial charge in [-0.15, -0.1) is 0 Å². The number of allylic oxidation sites excluding steroid dienone is 1. The predicted molar refractivity (Wildman–Crippen MR) is 124 cm³/mol. The minimum atomic E-state index is -0.614. The van der Waals surface area contributed by atoms with Gasteiger partial charge in [-0.05, 0) is 79.3 Å². The topological polar surface area (TPSA) is 103 Å². The molecule has 4 aromatic rings. The number of hydrogen-bond acceptors (Lipinski definition) is 6. The third-order valence-corrected chi connectivity index (χ3v) is 6.58. The fraction of sp³-hybridized carbons (Fsp3) is 0.185. The summed E-state index contributed by atoms with van der Waals surface area (Å²) in [7, 11) is 0. The van der Waals surface area contributed by atoms with Crippen molar-refractivity contribution in [1.82, 2.24) is 0 Å². The second-order valence-corrected chi connectivity index (χ2v) is 9.13. The Labute approximate surface area is 189 Å². The lowest BCUT2D eigenvalue weighted by Gasteiger charge is -2.42. The lowest BCUT2D eigenvalue weighted by Crippen LogP contribution is -2.39. The van der Waals surface area contributed by atoms with Gasteiger partial charge < -0.3 is 29.6 Å². The minimum Gasteiger partial charge on any atom is -0.508 e. The number of fused-ring (bicyclic) bond motifs is 5. The number of hydrogen-bond donors (Lipinski definition) is 4. The van der Waals surface area contributed by atoms with Crippen LogP contribution in [0.5, 0.6) is 28.7 Å². The zero-order chi connectivity index (χ0) is 22.9. The van der Waals surface area contributed by atoms with E-state index in [1.807, 2.05) is 19.1 Å². The Balaban J connectivity index is 1.40. The molecular formula is C27H22O6. The highest BCUT2D eigenvalue weighted by Crippen LogP contribution is 2.53. The maximum atomic E-state index is 10.9. The molecule has 0 saturated carbocycles. The van der Waals surface area contributed by atoms with E-state index >= 15 is 0 Å². The largest absolute Gasteiger partial charge is 0.508 e. The molecule has 2 atom stereocenters. The van der Waals surface area contributed by atoms with Gasteiger partial charge in [-0.1, -0.05) is 6.07 Å². The average molecular weight is 442 g/mol. The second kappa shape index (κ2) is 6.72. The minimum absolute atomic E-state index is 0.0472. The van der Waals surface area contributed by atoms with Crippen LogP contribution in [0.4, 0.5) is 0 Å². The van der Waals surface area contributed by atoms with E-state index in [0.717, 1.165) is 22.9 Å². The van der Waals surface area contributed by atoms with Crippen molar-refractivity contribution in [1.29, 1.82) is 0 Å². The van der Waals surface area contributed by atoms with E-state index in [1.54, 1.807) is 42.5 Å². The third kappa shape index (κ3) is 3.18. The first-order valence-corrected chi connectivity index (χ1v) is 10.8. The molecule has 33 heavy (non-hydrogen) atoms.